The molecule has 1 N–H and O–H groups in total. The van der Waals surface area contributed by atoms with Crippen molar-refractivity contribution in [2.75, 3.05) is 6.61 Å². The molecule has 1 amide bonds. The molecule has 98 valence electrons. The quantitative estimate of drug-likeness (QED) is 0.905. The van der Waals surface area contributed by atoms with Crippen LogP contribution in [0.1, 0.15) is 12.8 Å². The largest absolute Gasteiger partial charge is 0.449 e. The molecule has 7 heteroatoms. The molecule has 0 spiro atoms. The molecule has 1 saturated carbocycles. The van der Waals surface area contributed by atoms with E-state index in [-0.39, 0.29) is 11.5 Å². The first-order valence-electron chi connectivity index (χ1n) is 5.42. The average molecular weight is 273 g/mol. The Morgan fingerprint density at radius 2 is 1.94 bits per heavy atom. The minimum absolute atomic E-state index is 0.188. The first-order valence-corrected chi connectivity index (χ1v) is 6.91. The van der Waals surface area contributed by atoms with Gasteiger partial charge in [0.2, 0.25) is 0 Å². The molecule has 5 nitrogen and oxygen atoms in total. The number of hydrogen-bond donors (Lipinski definition) is 1. The molecule has 0 aromatic heterocycles. The second kappa shape index (κ2) is 4.93. The number of hydrogen-bond acceptors (Lipinski definition) is 4. The maximum atomic E-state index is 12.6. The van der Waals surface area contributed by atoms with Crippen molar-refractivity contribution < 1.29 is 22.3 Å². The fourth-order valence-electron chi connectivity index (χ4n) is 1.29. The smallest absolute Gasteiger partial charge is 0.421 e. The number of amides is 1. The van der Waals surface area contributed by atoms with Crippen molar-refractivity contribution in [2.24, 2.45) is 5.92 Å². The molecule has 0 aliphatic heterocycles. The minimum atomic E-state index is -3.99. The topological polar surface area (TPSA) is 72.5 Å². The summed E-state index contributed by atoms with van der Waals surface area (Å²) in [5.41, 5.74) is 0. The van der Waals surface area contributed by atoms with Crippen molar-refractivity contribution >= 4 is 16.1 Å². The third-order valence-corrected chi connectivity index (χ3v) is 3.82. The molecule has 0 atom stereocenters. The van der Waals surface area contributed by atoms with Crippen LogP contribution >= 0.6 is 0 Å². The number of ether oxygens (including phenoxy) is 1. The fourth-order valence-corrected chi connectivity index (χ4v) is 2.18. The first kappa shape index (κ1) is 12.8. The summed E-state index contributed by atoms with van der Waals surface area (Å²) >= 11 is 0. The van der Waals surface area contributed by atoms with E-state index in [4.69, 9.17) is 4.74 Å². The summed E-state index contributed by atoms with van der Waals surface area (Å²) in [6.45, 7) is 0.227. The minimum Gasteiger partial charge on any atom is -0.449 e. The Bertz CT molecular complexity index is 537. The van der Waals surface area contributed by atoms with E-state index in [0.717, 1.165) is 37.1 Å². The van der Waals surface area contributed by atoms with Gasteiger partial charge in [-0.05, 0) is 43.0 Å². The van der Waals surface area contributed by atoms with Crippen molar-refractivity contribution in [3.05, 3.63) is 30.1 Å². The normalized spacial score (nSPS) is 15.2. The Morgan fingerprint density at radius 3 is 2.50 bits per heavy atom. The van der Waals surface area contributed by atoms with E-state index < -0.39 is 21.9 Å². The predicted molar refractivity (Wildman–Crippen MR) is 60.8 cm³/mol. The summed E-state index contributed by atoms with van der Waals surface area (Å²) in [7, 11) is -3.99. The molecular formula is C11H12FNO4S. The molecule has 0 saturated heterocycles. The second-order valence-electron chi connectivity index (χ2n) is 4.10. The molecule has 1 aliphatic rings. The molecule has 1 aliphatic carbocycles. The number of rotatable bonds is 4. The van der Waals surface area contributed by atoms with Crippen molar-refractivity contribution in [3.63, 3.8) is 0 Å². The Morgan fingerprint density at radius 1 is 1.33 bits per heavy atom. The maximum Gasteiger partial charge on any atom is 0.421 e. The van der Waals surface area contributed by atoms with Gasteiger partial charge in [0.1, 0.15) is 5.82 Å². The van der Waals surface area contributed by atoms with Gasteiger partial charge in [-0.1, -0.05) is 0 Å². The summed E-state index contributed by atoms with van der Waals surface area (Å²) in [6.07, 6.45) is 0.988. The highest BCUT2D eigenvalue weighted by molar-refractivity contribution is 7.90. The van der Waals surface area contributed by atoms with Crippen molar-refractivity contribution in [1.29, 1.82) is 0 Å². The van der Waals surface area contributed by atoms with E-state index in [1.54, 1.807) is 4.72 Å². The van der Waals surface area contributed by atoms with E-state index in [2.05, 4.69) is 0 Å². The van der Waals surface area contributed by atoms with Gasteiger partial charge in [0.15, 0.2) is 0 Å². The van der Waals surface area contributed by atoms with Gasteiger partial charge in [-0.25, -0.2) is 22.3 Å². The molecular weight excluding hydrogens is 261 g/mol. The van der Waals surface area contributed by atoms with Crippen LogP contribution < -0.4 is 4.72 Å². The van der Waals surface area contributed by atoms with Crippen LogP contribution in [-0.4, -0.2) is 21.1 Å². The molecule has 2 rings (SSSR count). The molecule has 0 radical (unpaired) electrons. The molecule has 0 bridgehead atoms. The van der Waals surface area contributed by atoms with E-state index in [1.807, 2.05) is 0 Å². The average Bonchev–Trinajstić information content (AvgIpc) is 3.10. The Kier molecular flexibility index (Phi) is 3.51. The van der Waals surface area contributed by atoms with Gasteiger partial charge in [0, 0.05) is 0 Å². The van der Waals surface area contributed by atoms with E-state index in [9.17, 15) is 17.6 Å². The number of carbonyl (C=O) groups excluding carboxylic acids is 1. The molecule has 0 unspecified atom stereocenters. The van der Waals surface area contributed by atoms with Gasteiger partial charge >= 0.3 is 6.09 Å². The van der Waals surface area contributed by atoms with Crippen LogP contribution in [0.2, 0.25) is 0 Å². The third-order valence-electron chi connectivity index (χ3n) is 2.49. The Balaban J connectivity index is 1.97. The Labute approximate surface area is 104 Å². The SMILES string of the molecule is O=C(NS(=O)(=O)c1ccc(F)cc1)OCC1CC1. The number of sulfonamides is 1. The van der Waals surface area contributed by atoms with Crippen molar-refractivity contribution in [1.82, 2.24) is 4.72 Å². The first-order chi connectivity index (χ1) is 8.47. The van der Waals surface area contributed by atoms with Crippen molar-refractivity contribution in [2.45, 2.75) is 17.7 Å². The molecule has 1 aromatic carbocycles. The molecule has 0 heterocycles. The third kappa shape index (κ3) is 3.43. The predicted octanol–water partition coefficient (Wildman–Crippen LogP) is 1.65. The highest BCUT2D eigenvalue weighted by atomic mass is 32.2. The van der Waals surface area contributed by atoms with Gasteiger partial charge in [0.05, 0.1) is 11.5 Å². The number of carbonyl (C=O) groups is 1. The van der Waals surface area contributed by atoms with Crippen molar-refractivity contribution in [3.8, 4) is 0 Å². The summed E-state index contributed by atoms with van der Waals surface area (Å²) in [4.78, 5) is 11.1. The lowest BCUT2D eigenvalue weighted by atomic mass is 10.4. The standard InChI is InChI=1S/C11H12FNO4S/c12-9-3-5-10(6-4-9)18(15,16)13-11(14)17-7-8-1-2-8/h3-6,8H,1-2,7H2,(H,13,14). The monoisotopic (exact) mass is 273 g/mol. The lowest BCUT2D eigenvalue weighted by Gasteiger charge is -2.07. The van der Waals surface area contributed by atoms with E-state index in [0.29, 0.717) is 5.92 Å². The van der Waals surface area contributed by atoms with E-state index >= 15 is 0 Å². The van der Waals surface area contributed by atoms with E-state index in [1.165, 1.54) is 0 Å². The summed E-state index contributed by atoms with van der Waals surface area (Å²) in [6, 6.07) is 4.16. The van der Waals surface area contributed by atoms with Crippen LogP contribution in [0.5, 0.6) is 0 Å². The zero-order valence-corrected chi connectivity index (χ0v) is 10.2. The van der Waals surface area contributed by atoms with Gasteiger partial charge < -0.3 is 4.74 Å². The summed E-state index contributed by atoms with van der Waals surface area (Å²) in [5.74, 6) is -0.200. The van der Waals surface area contributed by atoms with Crippen LogP contribution in [0.15, 0.2) is 29.2 Å². The van der Waals surface area contributed by atoms with Gasteiger partial charge in [-0.3, -0.25) is 0 Å². The van der Waals surface area contributed by atoms with Crippen LogP contribution in [0.4, 0.5) is 9.18 Å². The second-order valence-corrected chi connectivity index (χ2v) is 5.78. The number of benzene rings is 1. The van der Waals surface area contributed by atoms with Gasteiger partial charge in [-0.2, -0.15) is 0 Å². The highest BCUT2D eigenvalue weighted by Crippen LogP contribution is 2.28. The van der Waals surface area contributed by atoms with Gasteiger partial charge in [0.25, 0.3) is 10.0 Å². The molecule has 1 fully saturated rings. The number of halogens is 1. The Hall–Kier alpha value is -1.63. The summed E-state index contributed by atoms with van der Waals surface area (Å²) < 4.78 is 42.5. The van der Waals surface area contributed by atoms with Crippen LogP contribution in [0, 0.1) is 11.7 Å². The van der Waals surface area contributed by atoms with Gasteiger partial charge in [-0.15, -0.1) is 0 Å². The number of nitrogens with one attached hydrogen (secondary N) is 1. The lowest BCUT2D eigenvalue weighted by Crippen LogP contribution is -2.31. The lowest BCUT2D eigenvalue weighted by molar-refractivity contribution is 0.147. The zero-order valence-electron chi connectivity index (χ0n) is 9.43. The maximum absolute atomic E-state index is 12.6. The summed E-state index contributed by atoms with van der Waals surface area (Å²) in [5, 5.41) is 0. The zero-order chi connectivity index (χ0) is 13.2. The van der Waals surface area contributed by atoms with Crippen LogP contribution in [-0.2, 0) is 14.8 Å². The molecule has 1 aromatic rings. The van der Waals surface area contributed by atoms with Crippen LogP contribution in [0.3, 0.4) is 0 Å². The fraction of sp³-hybridized carbons (Fsp3) is 0.364. The molecule has 18 heavy (non-hydrogen) atoms. The van der Waals surface area contributed by atoms with Crippen LogP contribution in [0.25, 0.3) is 0 Å². The highest BCUT2D eigenvalue weighted by Gasteiger charge is 2.24.